The number of rotatable bonds is 4. The standard InChI is InChI=1S/C9H17NO7/c1-15-6-5(12)4(3-11)17-9(14,8(10)13)7(6)16-2/h4-7,11-12,14H,3H2,1-2H3,(H2,10,13)/t4-,5-,6+,7+,9?/m1/s1/i1D,2D. The summed E-state index contributed by atoms with van der Waals surface area (Å²) < 4.78 is 28.5. The second kappa shape index (κ2) is 5.25. The van der Waals surface area contributed by atoms with Crippen molar-refractivity contribution in [3.05, 3.63) is 0 Å². The summed E-state index contributed by atoms with van der Waals surface area (Å²) in [5.41, 5.74) is 5.02. The quantitative estimate of drug-likeness (QED) is 0.418. The third kappa shape index (κ3) is 2.28. The lowest BCUT2D eigenvalue weighted by Crippen LogP contribution is -2.70. The molecule has 0 spiro atoms. The summed E-state index contributed by atoms with van der Waals surface area (Å²) in [5.74, 6) is -3.97. The van der Waals surface area contributed by atoms with E-state index >= 15 is 0 Å². The van der Waals surface area contributed by atoms with Crippen molar-refractivity contribution in [2.75, 3.05) is 20.8 Å². The number of hydrogen-bond donors (Lipinski definition) is 4. The molecule has 0 aromatic rings. The van der Waals surface area contributed by atoms with Crippen LogP contribution in [0.2, 0.25) is 0 Å². The molecule has 1 amide bonds. The maximum Gasteiger partial charge on any atom is 0.280 e. The van der Waals surface area contributed by atoms with Crippen LogP contribution in [0.4, 0.5) is 0 Å². The Hall–Kier alpha value is -0.770. The minimum Gasteiger partial charge on any atom is -0.394 e. The van der Waals surface area contributed by atoms with Crippen molar-refractivity contribution in [1.82, 2.24) is 0 Å². The largest absolute Gasteiger partial charge is 0.394 e. The normalized spacial score (nSPS) is 43.9. The van der Waals surface area contributed by atoms with Gasteiger partial charge in [0.15, 0.2) is 0 Å². The molecule has 0 aromatic carbocycles. The first kappa shape index (κ1) is 11.3. The van der Waals surface area contributed by atoms with Gasteiger partial charge in [0.2, 0.25) is 0 Å². The van der Waals surface area contributed by atoms with Crippen molar-refractivity contribution in [1.29, 1.82) is 0 Å². The lowest BCUT2D eigenvalue weighted by Gasteiger charge is -2.46. The van der Waals surface area contributed by atoms with E-state index < -0.39 is 56.9 Å². The van der Waals surface area contributed by atoms with Gasteiger partial charge in [-0.1, -0.05) is 0 Å². The average Bonchev–Trinajstić information content (AvgIpc) is 2.37. The van der Waals surface area contributed by atoms with Gasteiger partial charge in [0, 0.05) is 14.2 Å². The first-order chi connectivity index (χ1) is 8.92. The first-order valence-corrected chi connectivity index (χ1v) is 4.73. The van der Waals surface area contributed by atoms with Gasteiger partial charge in [0.1, 0.15) is 24.4 Å². The minimum atomic E-state index is -2.66. The summed E-state index contributed by atoms with van der Waals surface area (Å²) in [6.07, 6.45) is -5.71. The van der Waals surface area contributed by atoms with E-state index in [4.69, 9.17) is 27.8 Å². The molecule has 0 aromatic heterocycles. The Bertz CT molecular complexity index is 321. The van der Waals surface area contributed by atoms with Gasteiger partial charge in [-0.25, -0.2) is 0 Å². The molecular formula is C9H17NO7. The van der Waals surface area contributed by atoms with Crippen LogP contribution in [0.25, 0.3) is 0 Å². The Morgan fingerprint density at radius 2 is 2.24 bits per heavy atom. The zero-order valence-corrected chi connectivity index (χ0v) is 8.98. The number of amides is 1. The van der Waals surface area contributed by atoms with Crippen LogP contribution in [0, 0.1) is 0 Å². The molecule has 1 aliphatic heterocycles. The molecule has 0 aliphatic carbocycles. The van der Waals surface area contributed by atoms with Crippen LogP contribution >= 0.6 is 0 Å². The van der Waals surface area contributed by atoms with Crippen molar-refractivity contribution in [3.8, 4) is 0 Å². The van der Waals surface area contributed by atoms with Gasteiger partial charge in [-0.05, 0) is 0 Å². The number of aliphatic hydroxyl groups is 3. The molecule has 0 radical (unpaired) electrons. The predicted molar refractivity (Wildman–Crippen MR) is 53.7 cm³/mol. The van der Waals surface area contributed by atoms with Crippen LogP contribution in [-0.4, -0.2) is 72.2 Å². The molecule has 100 valence electrons. The maximum absolute atomic E-state index is 11.3. The van der Waals surface area contributed by atoms with Crippen molar-refractivity contribution in [3.63, 3.8) is 0 Å². The second-order valence-electron chi connectivity index (χ2n) is 3.61. The monoisotopic (exact) mass is 253 g/mol. The Balaban J connectivity index is 3.11. The van der Waals surface area contributed by atoms with E-state index in [0.29, 0.717) is 0 Å². The molecule has 1 heterocycles. The van der Waals surface area contributed by atoms with Crippen molar-refractivity contribution < 1.29 is 37.1 Å². The van der Waals surface area contributed by atoms with Crippen LogP contribution in [0.3, 0.4) is 0 Å². The van der Waals surface area contributed by atoms with Crippen LogP contribution in [-0.2, 0) is 19.0 Å². The zero-order valence-electron chi connectivity index (χ0n) is 11.0. The molecule has 0 saturated carbocycles. The number of methoxy groups -OCH3 is 2. The molecule has 0 bridgehead atoms. The second-order valence-corrected chi connectivity index (χ2v) is 3.61. The first-order valence-electron chi connectivity index (χ1n) is 6.14. The lowest BCUT2D eigenvalue weighted by molar-refractivity contribution is -0.337. The number of hydrogen-bond acceptors (Lipinski definition) is 7. The van der Waals surface area contributed by atoms with E-state index in [2.05, 4.69) is 0 Å². The molecule has 1 fully saturated rings. The maximum atomic E-state index is 11.3. The number of nitrogens with two attached hydrogens (primary N) is 1. The van der Waals surface area contributed by atoms with E-state index in [1.807, 2.05) is 0 Å². The fourth-order valence-corrected chi connectivity index (χ4v) is 1.72. The molecule has 1 unspecified atom stereocenters. The molecule has 8 nitrogen and oxygen atoms in total. The smallest absolute Gasteiger partial charge is 0.280 e. The summed E-state index contributed by atoms with van der Waals surface area (Å²) in [6, 6.07) is 0. The van der Waals surface area contributed by atoms with E-state index in [1.54, 1.807) is 0 Å². The molecule has 8 heteroatoms. The zero-order chi connectivity index (χ0) is 14.6. The van der Waals surface area contributed by atoms with Gasteiger partial charge in [-0.15, -0.1) is 0 Å². The van der Waals surface area contributed by atoms with Crippen LogP contribution in [0.15, 0.2) is 0 Å². The molecule has 17 heavy (non-hydrogen) atoms. The average molecular weight is 253 g/mol. The SMILES string of the molecule is [2H]CO[C@H]1[C@H](O)[C@@H](CO)OC(O)(C(N)=O)[C@H]1OC[2H]. The third-order valence-electron chi connectivity index (χ3n) is 2.64. The molecule has 1 aliphatic rings. The fraction of sp³-hybridized carbons (Fsp3) is 0.889. The van der Waals surface area contributed by atoms with Gasteiger partial charge in [0.05, 0.1) is 9.35 Å². The summed E-state index contributed by atoms with van der Waals surface area (Å²) in [5, 5.41) is 29.0. The summed E-state index contributed by atoms with van der Waals surface area (Å²) in [4.78, 5) is 11.3. The number of carbonyl (C=O) groups excluding carboxylic acids is 1. The number of carbonyl (C=O) groups is 1. The summed E-state index contributed by atoms with van der Waals surface area (Å²) in [7, 11) is -1.25. The van der Waals surface area contributed by atoms with Crippen LogP contribution in [0.5, 0.6) is 0 Å². The fourth-order valence-electron chi connectivity index (χ4n) is 1.72. The molecule has 5 atom stereocenters. The van der Waals surface area contributed by atoms with Crippen LogP contribution in [0.1, 0.15) is 2.74 Å². The van der Waals surface area contributed by atoms with Crippen molar-refractivity contribution in [2.45, 2.75) is 30.2 Å². The summed E-state index contributed by atoms with van der Waals surface area (Å²) in [6.45, 7) is -0.706. The van der Waals surface area contributed by atoms with Crippen molar-refractivity contribution in [2.24, 2.45) is 5.73 Å². The predicted octanol–water partition coefficient (Wildman–Crippen LogP) is -3.06. The highest BCUT2D eigenvalue weighted by atomic mass is 16.7. The van der Waals surface area contributed by atoms with E-state index in [9.17, 15) is 15.0 Å². The molecule has 5 N–H and O–H groups in total. The highest BCUT2D eigenvalue weighted by Crippen LogP contribution is 2.31. The Morgan fingerprint density at radius 1 is 1.59 bits per heavy atom. The molecular weight excluding hydrogens is 234 g/mol. The van der Waals surface area contributed by atoms with E-state index in [-0.39, 0.29) is 0 Å². The topological polar surface area (TPSA) is 131 Å². The number of ether oxygens (including phenoxy) is 3. The van der Waals surface area contributed by atoms with Gasteiger partial charge >= 0.3 is 0 Å². The highest BCUT2D eigenvalue weighted by Gasteiger charge is 2.58. The highest BCUT2D eigenvalue weighted by molar-refractivity contribution is 5.82. The number of primary amides is 1. The summed E-state index contributed by atoms with van der Waals surface area (Å²) >= 11 is 0. The van der Waals surface area contributed by atoms with Crippen molar-refractivity contribution >= 4 is 5.91 Å². The van der Waals surface area contributed by atoms with Gasteiger partial charge in [0.25, 0.3) is 11.7 Å². The van der Waals surface area contributed by atoms with E-state index in [1.165, 1.54) is 0 Å². The van der Waals surface area contributed by atoms with E-state index in [0.717, 1.165) is 0 Å². The molecule has 1 saturated heterocycles. The van der Waals surface area contributed by atoms with Gasteiger partial charge < -0.3 is 35.3 Å². The van der Waals surface area contributed by atoms with Crippen LogP contribution < -0.4 is 5.73 Å². The Kier molecular flexibility index (Phi) is 3.50. The minimum absolute atomic E-state index is 0.591. The van der Waals surface area contributed by atoms with Gasteiger partial charge in [-0.2, -0.15) is 0 Å². The third-order valence-corrected chi connectivity index (χ3v) is 2.64. The Labute approximate surface area is 101 Å². The Morgan fingerprint density at radius 3 is 2.71 bits per heavy atom. The lowest BCUT2D eigenvalue weighted by atomic mass is 9.92. The molecule has 1 rings (SSSR count). The van der Waals surface area contributed by atoms with Gasteiger partial charge in [-0.3, -0.25) is 4.79 Å². The number of aliphatic hydroxyl groups excluding tert-OH is 2.